The van der Waals surface area contributed by atoms with E-state index in [0.29, 0.717) is 10.8 Å². The van der Waals surface area contributed by atoms with E-state index < -0.39 is 23.9 Å². The Morgan fingerprint density at radius 1 is 1.29 bits per heavy atom. The molecule has 114 valence electrons. The van der Waals surface area contributed by atoms with Crippen molar-refractivity contribution in [3.8, 4) is 5.75 Å². The lowest BCUT2D eigenvalue weighted by Crippen LogP contribution is -2.52. The lowest BCUT2D eigenvalue weighted by atomic mass is 10.2. The summed E-state index contributed by atoms with van der Waals surface area (Å²) in [6.07, 6.45) is 0. The van der Waals surface area contributed by atoms with Crippen LogP contribution < -0.4 is 26.6 Å². The molecule has 0 saturated heterocycles. The molecular formula is C12H15ClN4O4. The third-order valence-corrected chi connectivity index (χ3v) is 2.69. The Morgan fingerprint density at radius 2 is 1.95 bits per heavy atom. The molecule has 0 aliphatic rings. The van der Waals surface area contributed by atoms with Gasteiger partial charge in [-0.1, -0.05) is 11.6 Å². The van der Waals surface area contributed by atoms with Gasteiger partial charge in [-0.15, -0.1) is 0 Å². The lowest BCUT2D eigenvalue weighted by Gasteiger charge is -2.14. The maximum absolute atomic E-state index is 11.9. The number of carbonyl (C=O) groups excluding carboxylic acids is 3. The first-order valence-corrected chi connectivity index (χ1v) is 6.22. The van der Waals surface area contributed by atoms with Gasteiger partial charge in [0, 0.05) is 5.02 Å². The van der Waals surface area contributed by atoms with Crippen LogP contribution in [0, 0.1) is 0 Å². The minimum Gasteiger partial charge on any atom is -0.496 e. The topological polar surface area (TPSA) is 123 Å². The molecule has 1 rings (SSSR count). The van der Waals surface area contributed by atoms with Crippen molar-refractivity contribution in [3.63, 3.8) is 0 Å². The van der Waals surface area contributed by atoms with Gasteiger partial charge in [0.1, 0.15) is 11.8 Å². The predicted octanol–water partition coefficient (Wildman–Crippen LogP) is 0.166. The summed E-state index contributed by atoms with van der Waals surface area (Å²) >= 11 is 5.80. The van der Waals surface area contributed by atoms with E-state index in [4.69, 9.17) is 22.1 Å². The standard InChI is InChI=1S/C12H15ClN4O4/c1-6(15-12(14)20)10(18)16-17-11(19)8-5-7(13)3-4-9(8)21-2/h3-6H,1-2H3,(H,16,18)(H,17,19)(H3,14,15,20). The first kappa shape index (κ1) is 16.6. The lowest BCUT2D eigenvalue weighted by molar-refractivity contribution is -0.123. The van der Waals surface area contributed by atoms with Crippen LogP contribution in [-0.2, 0) is 4.79 Å². The number of carbonyl (C=O) groups is 3. The molecule has 0 saturated carbocycles. The number of methoxy groups -OCH3 is 1. The number of hydrazine groups is 1. The van der Waals surface area contributed by atoms with Crippen LogP contribution in [0.1, 0.15) is 17.3 Å². The normalized spacial score (nSPS) is 11.2. The molecule has 1 atom stereocenters. The molecule has 0 fully saturated rings. The Kier molecular flexibility index (Phi) is 5.79. The summed E-state index contributed by atoms with van der Waals surface area (Å²) in [6, 6.07) is 2.74. The summed E-state index contributed by atoms with van der Waals surface area (Å²) in [6.45, 7) is 1.41. The van der Waals surface area contributed by atoms with Crippen molar-refractivity contribution < 1.29 is 19.1 Å². The fraction of sp³-hybridized carbons (Fsp3) is 0.250. The van der Waals surface area contributed by atoms with Crippen LogP contribution >= 0.6 is 11.6 Å². The third kappa shape index (κ3) is 4.84. The van der Waals surface area contributed by atoms with Gasteiger partial charge in [-0.05, 0) is 25.1 Å². The maximum atomic E-state index is 11.9. The van der Waals surface area contributed by atoms with Crippen molar-refractivity contribution in [2.24, 2.45) is 5.73 Å². The van der Waals surface area contributed by atoms with Gasteiger partial charge in [0.05, 0.1) is 12.7 Å². The molecule has 1 unspecified atom stereocenters. The van der Waals surface area contributed by atoms with Gasteiger partial charge >= 0.3 is 6.03 Å². The Hall–Kier alpha value is -2.48. The van der Waals surface area contributed by atoms with Gasteiger partial charge in [0.2, 0.25) is 0 Å². The van der Waals surface area contributed by atoms with Crippen LogP contribution in [0.3, 0.4) is 0 Å². The second-order valence-corrected chi connectivity index (χ2v) is 4.45. The molecule has 8 nitrogen and oxygen atoms in total. The zero-order valence-electron chi connectivity index (χ0n) is 11.4. The van der Waals surface area contributed by atoms with Crippen molar-refractivity contribution in [2.45, 2.75) is 13.0 Å². The van der Waals surface area contributed by atoms with E-state index in [1.807, 2.05) is 0 Å². The van der Waals surface area contributed by atoms with E-state index in [1.54, 1.807) is 6.07 Å². The number of amides is 4. The van der Waals surface area contributed by atoms with Gasteiger partial charge in [-0.2, -0.15) is 0 Å². The Morgan fingerprint density at radius 3 is 2.52 bits per heavy atom. The van der Waals surface area contributed by atoms with Crippen LogP contribution in [0.4, 0.5) is 4.79 Å². The number of halogens is 1. The van der Waals surface area contributed by atoms with Gasteiger partial charge < -0.3 is 15.8 Å². The van der Waals surface area contributed by atoms with Crippen LogP contribution in [0.25, 0.3) is 0 Å². The van der Waals surface area contributed by atoms with E-state index in [2.05, 4.69) is 16.2 Å². The molecule has 0 aliphatic heterocycles. The Bertz CT molecular complexity index is 564. The van der Waals surface area contributed by atoms with Gasteiger partial charge in [-0.25, -0.2) is 4.79 Å². The molecule has 1 aromatic carbocycles. The smallest absolute Gasteiger partial charge is 0.312 e. The van der Waals surface area contributed by atoms with E-state index in [1.165, 1.54) is 26.2 Å². The van der Waals surface area contributed by atoms with Crippen molar-refractivity contribution >= 4 is 29.4 Å². The predicted molar refractivity (Wildman–Crippen MR) is 75.8 cm³/mol. The van der Waals surface area contributed by atoms with Crippen LogP contribution in [0.5, 0.6) is 5.75 Å². The number of hydrogen-bond donors (Lipinski definition) is 4. The highest BCUT2D eigenvalue weighted by atomic mass is 35.5. The van der Waals surface area contributed by atoms with E-state index in [9.17, 15) is 14.4 Å². The average molecular weight is 315 g/mol. The monoisotopic (exact) mass is 314 g/mol. The van der Waals surface area contributed by atoms with Gasteiger partial charge in [0.15, 0.2) is 0 Å². The summed E-state index contributed by atoms with van der Waals surface area (Å²) in [7, 11) is 1.40. The number of hydrogen-bond acceptors (Lipinski definition) is 4. The molecular weight excluding hydrogens is 300 g/mol. The van der Waals surface area contributed by atoms with Crippen LogP contribution in [0.2, 0.25) is 5.02 Å². The fourth-order valence-electron chi connectivity index (χ4n) is 1.43. The number of nitrogens with one attached hydrogen (secondary N) is 3. The molecule has 1 aromatic rings. The van der Waals surface area contributed by atoms with Crippen LogP contribution in [-0.4, -0.2) is 31.0 Å². The van der Waals surface area contributed by atoms with Crippen molar-refractivity contribution in [1.82, 2.24) is 16.2 Å². The highest BCUT2D eigenvalue weighted by Gasteiger charge is 2.17. The highest BCUT2D eigenvalue weighted by molar-refractivity contribution is 6.31. The summed E-state index contributed by atoms with van der Waals surface area (Å²) in [5.74, 6) is -0.952. The number of primary amides is 1. The minimum atomic E-state index is -0.899. The number of urea groups is 1. The van der Waals surface area contributed by atoms with Gasteiger partial charge in [0.25, 0.3) is 11.8 Å². The number of benzene rings is 1. The van der Waals surface area contributed by atoms with E-state index >= 15 is 0 Å². The first-order chi connectivity index (χ1) is 9.85. The number of rotatable bonds is 4. The third-order valence-electron chi connectivity index (χ3n) is 2.46. The maximum Gasteiger partial charge on any atom is 0.312 e. The quantitative estimate of drug-likeness (QED) is 0.591. The second-order valence-electron chi connectivity index (χ2n) is 4.02. The molecule has 0 radical (unpaired) electrons. The van der Waals surface area contributed by atoms with Crippen molar-refractivity contribution in [2.75, 3.05) is 7.11 Å². The second kappa shape index (κ2) is 7.34. The van der Waals surface area contributed by atoms with Crippen LogP contribution in [0.15, 0.2) is 18.2 Å². The van der Waals surface area contributed by atoms with E-state index in [0.717, 1.165) is 0 Å². The molecule has 0 bridgehead atoms. The molecule has 4 amide bonds. The number of ether oxygens (including phenoxy) is 1. The van der Waals surface area contributed by atoms with Gasteiger partial charge in [-0.3, -0.25) is 20.4 Å². The van der Waals surface area contributed by atoms with Crippen molar-refractivity contribution in [3.05, 3.63) is 28.8 Å². The molecule has 0 spiro atoms. The average Bonchev–Trinajstić information content (AvgIpc) is 2.43. The largest absolute Gasteiger partial charge is 0.496 e. The first-order valence-electron chi connectivity index (χ1n) is 5.85. The zero-order chi connectivity index (χ0) is 16.0. The molecule has 5 N–H and O–H groups in total. The molecule has 9 heteroatoms. The number of nitrogens with two attached hydrogens (primary N) is 1. The highest BCUT2D eigenvalue weighted by Crippen LogP contribution is 2.22. The summed E-state index contributed by atoms with van der Waals surface area (Å²) < 4.78 is 5.02. The summed E-state index contributed by atoms with van der Waals surface area (Å²) in [4.78, 5) is 34.1. The Balaban J connectivity index is 2.68. The minimum absolute atomic E-state index is 0.154. The van der Waals surface area contributed by atoms with Crippen molar-refractivity contribution in [1.29, 1.82) is 0 Å². The summed E-state index contributed by atoms with van der Waals surface area (Å²) in [5, 5.41) is 2.51. The SMILES string of the molecule is COc1ccc(Cl)cc1C(=O)NNC(=O)C(C)NC(N)=O. The zero-order valence-corrected chi connectivity index (χ0v) is 12.2. The molecule has 21 heavy (non-hydrogen) atoms. The fourth-order valence-corrected chi connectivity index (χ4v) is 1.60. The van der Waals surface area contributed by atoms with E-state index in [-0.39, 0.29) is 5.56 Å². The molecule has 0 aliphatic carbocycles. The molecule has 0 aromatic heterocycles. The Labute approximate surface area is 125 Å². The summed E-state index contributed by atoms with van der Waals surface area (Å²) in [5.41, 5.74) is 9.37. The molecule has 0 heterocycles.